The van der Waals surface area contributed by atoms with Crippen molar-refractivity contribution in [3.63, 3.8) is 0 Å². The van der Waals surface area contributed by atoms with Gasteiger partial charge in [0.2, 0.25) is 0 Å². The van der Waals surface area contributed by atoms with Crippen LogP contribution in [0.4, 0.5) is 0 Å². The summed E-state index contributed by atoms with van der Waals surface area (Å²) < 4.78 is 5.39. The molecule has 0 amide bonds. The van der Waals surface area contributed by atoms with Gasteiger partial charge in [0.25, 0.3) is 0 Å². The van der Waals surface area contributed by atoms with Crippen molar-refractivity contribution in [3.05, 3.63) is 17.5 Å². The van der Waals surface area contributed by atoms with E-state index in [4.69, 9.17) is 4.52 Å². The molecule has 6 heteroatoms. The van der Waals surface area contributed by atoms with Gasteiger partial charge < -0.3 is 15.2 Å². The van der Waals surface area contributed by atoms with Crippen LogP contribution in [0.25, 0.3) is 0 Å². The van der Waals surface area contributed by atoms with E-state index in [2.05, 4.69) is 47.6 Å². The zero-order valence-corrected chi connectivity index (χ0v) is 15.7. The average molecular weight is 406 g/mol. The van der Waals surface area contributed by atoms with Crippen LogP contribution in [0.15, 0.2) is 15.6 Å². The number of halogens is 1. The highest BCUT2D eigenvalue weighted by Crippen LogP contribution is 2.28. The first-order valence-electron chi connectivity index (χ1n) is 7.60. The average Bonchev–Trinajstić information content (AvgIpc) is 2.95. The van der Waals surface area contributed by atoms with E-state index in [-0.39, 0.29) is 24.0 Å². The van der Waals surface area contributed by atoms with Crippen LogP contribution in [0.1, 0.15) is 57.4 Å². The molecule has 1 aromatic rings. The first-order chi connectivity index (χ1) is 9.67. The predicted molar refractivity (Wildman–Crippen MR) is 96.1 cm³/mol. The maximum absolute atomic E-state index is 5.39. The lowest BCUT2D eigenvalue weighted by Gasteiger charge is -2.09. The number of rotatable bonds is 6. The van der Waals surface area contributed by atoms with E-state index in [1.807, 2.05) is 0 Å². The van der Waals surface area contributed by atoms with E-state index < -0.39 is 0 Å². The quantitative estimate of drug-likeness (QED) is 0.433. The van der Waals surface area contributed by atoms with E-state index in [0.29, 0.717) is 18.5 Å². The predicted octanol–water partition coefficient (Wildman–Crippen LogP) is 3.27. The highest BCUT2D eigenvalue weighted by molar-refractivity contribution is 14.0. The van der Waals surface area contributed by atoms with Crippen molar-refractivity contribution in [3.8, 4) is 0 Å². The van der Waals surface area contributed by atoms with Crippen LogP contribution >= 0.6 is 24.0 Å². The van der Waals surface area contributed by atoms with Crippen molar-refractivity contribution in [1.82, 2.24) is 15.8 Å². The second-order valence-electron chi connectivity index (χ2n) is 5.62. The molecule has 0 aromatic carbocycles. The van der Waals surface area contributed by atoms with Crippen molar-refractivity contribution in [2.24, 2.45) is 10.9 Å². The van der Waals surface area contributed by atoms with Gasteiger partial charge in [-0.15, -0.1) is 24.0 Å². The van der Waals surface area contributed by atoms with Crippen LogP contribution in [0.2, 0.25) is 0 Å². The summed E-state index contributed by atoms with van der Waals surface area (Å²) in [5, 5.41) is 10.8. The third-order valence-corrected chi connectivity index (χ3v) is 4.07. The van der Waals surface area contributed by atoms with Gasteiger partial charge in [0, 0.05) is 25.1 Å². The van der Waals surface area contributed by atoms with Gasteiger partial charge in [-0.1, -0.05) is 25.9 Å². The lowest BCUT2D eigenvalue weighted by molar-refractivity contribution is 0.368. The fourth-order valence-corrected chi connectivity index (χ4v) is 2.38. The fourth-order valence-electron chi connectivity index (χ4n) is 2.38. The van der Waals surface area contributed by atoms with E-state index in [9.17, 15) is 0 Å². The fraction of sp³-hybridized carbons (Fsp3) is 0.733. The van der Waals surface area contributed by atoms with Crippen LogP contribution in [0.3, 0.4) is 0 Å². The number of hydrogen-bond donors (Lipinski definition) is 2. The molecule has 1 fully saturated rings. The smallest absolute Gasteiger partial charge is 0.191 e. The molecule has 0 aliphatic heterocycles. The molecule has 2 unspecified atom stereocenters. The summed E-state index contributed by atoms with van der Waals surface area (Å²) in [7, 11) is 1.79. The van der Waals surface area contributed by atoms with E-state index in [1.54, 1.807) is 7.05 Å². The van der Waals surface area contributed by atoms with E-state index in [0.717, 1.165) is 36.2 Å². The molecule has 2 atom stereocenters. The Labute approximate surface area is 144 Å². The lowest BCUT2D eigenvalue weighted by atomic mass is 9.99. The Hall–Kier alpha value is -0.790. The monoisotopic (exact) mass is 406 g/mol. The number of hydrogen-bond acceptors (Lipinski definition) is 3. The van der Waals surface area contributed by atoms with Crippen LogP contribution < -0.4 is 10.6 Å². The number of aliphatic imine (C=N–C) groups is 1. The zero-order valence-electron chi connectivity index (χ0n) is 13.3. The Kier molecular flexibility index (Phi) is 7.48. The number of aromatic nitrogens is 1. The maximum atomic E-state index is 5.39. The van der Waals surface area contributed by atoms with Gasteiger partial charge in [0.1, 0.15) is 0 Å². The molecule has 2 rings (SSSR count). The summed E-state index contributed by atoms with van der Waals surface area (Å²) in [5.41, 5.74) is 1.06. The Balaban J connectivity index is 0.00000220. The molecule has 21 heavy (non-hydrogen) atoms. The van der Waals surface area contributed by atoms with Gasteiger partial charge in [-0.2, -0.15) is 0 Å². The van der Waals surface area contributed by atoms with Crippen LogP contribution in [0.5, 0.6) is 0 Å². The molecule has 120 valence electrons. The third kappa shape index (κ3) is 5.16. The standard InChI is InChI=1S/C15H26N4O.HI/c1-5-11(6-2)14-8-12(20-19-14)9-17-15(16-4)18-13-7-10(13)3;/h8,10-11,13H,5-7,9H2,1-4H3,(H2,16,17,18);1H. The van der Waals surface area contributed by atoms with Crippen molar-refractivity contribution in [2.45, 2.75) is 58.5 Å². The molecular weight excluding hydrogens is 379 g/mol. The Morgan fingerprint density at radius 1 is 1.48 bits per heavy atom. The molecule has 1 aliphatic rings. The second-order valence-corrected chi connectivity index (χ2v) is 5.62. The van der Waals surface area contributed by atoms with Crippen molar-refractivity contribution >= 4 is 29.9 Å². The highest BCUT2D eigenvalue weighted by atomic mass is 127. The first kappa shape index (κ1) is 18.3. The van der Waals surface area contributed by atoms with Gasteiger partial charge >= 0.3 is 0 Å². The van der Waals surface area contributed by atoms with Gasteiger partial charge in [-0.05, 0) is 25.2 Å². The van der Waals surface area contributed by atoms with Crippen molar-refractivity contribution < 1.29 is 4.52 Å². The molecule has 0 saturated heterocycles. The molecular formula is C15H27IN4O. The van der Waals surface area contributed by atoms with Gasteiger partial charge in [-0.25, -0.2) is 0 Å². The summed E-state index contributed by atoms with van der Waals surface area (Å²) in [6.45, 7) is 7.23. The van der Waals surface area contributed by atoms with Crippen LogP contribution in [-0.2, 0) is 6.54 Å². The molecule has 5 nitrogen and oxygen atoms in total. The number of nitrogens with zero attached hydrogens (tertiary/aromatic N) is 2. The molecule has 0 bridgehead atoms. The minimum absolute atomic E-state index is 0. The Morgan fingerprint density at radius 2 is 2.14 bits per heavy atom. The molecule has 0 spiro atoms. The molecule has 1 saturated carbocycles. The summed E-state index contributed by atoms with van der Waals surface area (Å²) in [6, 6.07) is 2.62. The molecule has 1 aromatic heterocycles. The van der Waals surface area contributed by atoms with Crippen LogP contribution in [0, 0.1) is 5.92 Å². The molecule has 0 radical (unpaired) electrons. The van der Waals surface area contributed by atoms with Gasteiger partial charge in [-0.3, -0.25) is 4.99 Å². The van der Waals surface area contributed by atoms with Crippen molar-refractivity contribution in [1.29, 1.82) is 0 Å². The van der Waals surface area contributed by atoms with Gasteiger partial charge in [0.05, 0.1) is 12.2 Å². The lowest BCUT2D eigenvalue weighted by Crippen LogP contribution is -2.38. The summed E-state index contributed by atoms with van der Waals surface area (Å²) in [5.74, 6) is 2.94. The minimum Gasteiger partial charge on any atom is -0.359 e. The first-order valence-corrected chi connectivity index (χ1v) is 7.60. The summed E-state index contributed by atoms with van der Waals surface area (Å²) in [4.78, 5) is 4.22. The van der Waals surface area contributed by atoms with Gasteiger partial charge in [0.15, 0.2) is 11.7 Å². The largest absolute Gasteiger partial charge is 0.359 e. The minimum atomic E-state index is 0. The second kappa shape index (κ2) is 8.60. The highest BCUT2D eigenvalue weighted by Gasteiger charge is 2.33. The summed E-state index contributed by atoms with van der Waals surface area (Å²) in [6.07, 6.45) is 3.42. The molecule has 1 aliphatic carbocycles. The number of nitrogens with one attached hydrogen (secondary N) is 2. The maximum Gasteiger partial charge on any atom is 0.191 e. The molecule has 2 N–H and O–H groups in total. The van der Waals surface area contributed by atoms with E-state index >= 15 is 0 Å². The topological polar surface area (TPSA) is 62.5 Å². The van der Waals surface area contributed by atoms with E-state index in [1.165, 1.54) is 6.42 Å². The zero-order chi connectivity index (χ0) is 14.5. The molecule has 1 heterocycles. The summed E-state index contributed by atoms with van der Waals surface area (Å²) >= 11 is 0. The SMILES string of the molecule is CCC(CC)c1cc(CNC(=NC)NC2CC2C)on1.I. The third-order valence-electron chi connectivity index (χ3n) is 4.07. The normalized spacial score (nSPS) is 21.1. The Bertz CT molecular complexity index is 456. The Morgan fingerprint density at radius 3 is 2.67 bits per heavy atom. The number of guanidine groups is 1. The van der Waals surface area contributed by atoms with Crippen LogP contribution in [-0.4, -0.2) is 24.2 Å². The van der Waals surface area contributed by atoms with Crippen molar-refractivity contribution in [2.75, 3.05) is 7.05 Å².